The van der Waals surface area contributed by atoms with Gasteiger partial charge in [-0.1, -0.05) is 13.8 Å². The molecule has 3 aliphatic rings. The van der Waals surface area contributed by atoms with E-state index < -0.39 is 9.84 Å². The number of sulfone groups is 1. The van der Waals surface area contributed by atoms with Crippen LogP contribution in [-0.4, -0.2) is 92.4 Å². The fraction of sp³-hybridized carbons (Fsp3) is 0.941. The molecule has 0 N–H and O–H groups in total. The molecule has 24 heavy (non-hydrogen) atoms. The van der Waals surface area contributed by atoms with E-state index in [-0.39, 0.29) is 11.9 Å². The first-order valence-electron chi connectivity index (χ1n) is 9.27. The van der Waals surface area contributed by atoms with Crippen LogP contribution < -0.4 is 0 Å². The van der Waals surface area contributed by atoms with Gasteiger partial charge in [-0.3, -0.25) is 14.6 Å². The summed E-state index contributed by atoms with van der Waals surface area (Å²) in [6.07, 6.45) is 2.01. The Kier molecular flexibility index (Phi) is 5.52. The third-order valence-electron chi connectivity index (χ3n) is 5.70. The number of carbonyl (C=O) groups excluding carboxylic acids is 1. The van der Waals surface area contributed by atoms with Crippen molar-refractivity contribution in [1.82, 2.24) is 14.7 Å². The molecular formula is C17H31N3O3S. The molecule has 0 aromatic carbocycles. The fourth-order valence-corrected chi connectivity index (χ4v) is 6.37. The highest BCUT2D eigenvalue weighted by molar-refractivity contribution is 7.91. The molecule has 1 amide bonds. The van der Waals surface area contributed by atoms with Crippen molar-refractivity contribution in [2.45, 2.75) is 32.7 Å². The first-order valence-corrected chi connectivity index (χ1v) is 11.1. The van der Waals surface area contributed by atoms with Gasteiger partial charge in [0.25, 0.3) is 0 Å². The van der Waals surface area contributed by atoms with Gasteiger partial charge in [-0.15, -0.1) is 0 Å². The Bertz CT molecular complexity index is 547. The molecular weight excluding hydrogens is 326 g/mol. The number of hydrogen-bond donors (Lipinski definition) is 0. The third-order valence-corrected chi connectivity index (χ3v) is 7.45. The van der Waals surface area contributed by atoms with E-state index in [0.29, 0.717) is 29.9 Å². The largest absolute Gasteiger partial charge is 0.339 e. The SMILES string of the molecule is CC1CC(C)CN(CC(=O)N2CCN(C3CCS(=O)(=O)C3)CC2)C1. The summed E-state index contributed by atoms with van der Waals surface area (Å²) < 4.78 is 23.3. The fourth-order valence-electron chi connectivity index (χ4n) is 4.61. The number of nitrogens with zero attached hydrogens (tertiary/aromatic N) is 3. The zero-order valence-electron chi connectivity index (χ0n) is 15.0. The van der Waals surface area contributed by atoms with Gasteiger partial charge in [0.1, 0.15) is 0 Å². The van der Waals surface area contributed by atoms with Gasteiger partial charge in [-0.05, 0) is 24.7 Å². The van der Waals surface area contributed by atoms with E-state index in [0.717, 1.165) is 45.7 Å². The van der Waals surface area contributed by atoms with Crippen LogP contribution in [0.3, 0.4) is 0 Å². The smallest absolute Gasteiger partial charge is 0.236 e. The summed E-state index contributed by atoms with van der Waals surface area (Å²) in [4.78, 5) is 19.1. The quantitative estimate of drug-likeness (QED) is 0.727. The molecule has 7 heteroatoms. The zero-order valence-corrected chi connectivity index (χ0v) is 15.8. The van der Waals surface area contributed by atoms with Gasteiger partial charge >= 0.3 is 0 Å². The lowest BCUT2D eigenvalue weighted by molar-refractivity contribution is -0.135. The van der Waals surface area contributed by atoms with E-state index in [9.17, 15) is 13.2 Å². The molecule has 0 bridgehead atoms. The van der Waals surface area contributed by atoms with Gasteiger partial charge in [0.15, 0.2) is 9.84 Å². The average molecular weight is 358 g/mol. The third kappa shape index (κ3) is 4.49. The van der Waals surface area contributed by atoms with Crippen LogP contribution in [0.25, 0.3) is 0 Å². The molecule has 0 aromatic heterocycles. The van der Waals surface area contributed by atoms with Crippen LogP contribution in [0.2, 0.25) is 0 Å². The maximum atomic E-state index is 12.6. The summed E-state index contributed by atoms with van der Waals surface area (Å²) in [7, 11) is -2.83. The number of piperazine rings is 1. The molecule has 3 aliphatic heterocycles. The van der Waals surface area contributed by atoms with Crippen LogP contribution >= 0.6 is 0 Å². The van der Waals surface area contributed by atoms with Gasteiger partial charge in [0.05, 0.1) is 18.1 Å². The van der Waals surface area contributed by atoms with Crippen LogP contribution in [0, 0.1) is 11.8 Å². The number of rotatable bonds is 3. The molecule has 0 aromatic rings. The Morgan fingerprint density at radius 3 is 2.21 bits per heavy atom. The number of likely N-dealkylation sites (tertiary alicyclic amines) is 1. The maximum Gasteiger partial charge on any atom is 0.236 e. The van der Waals surface area contributed by atoms with Crippen molar-refractivity contribution in [3.8, 4) is 0 Å². The van der Waals surface area contributed by atoms with Gasteiger partial charge in [-0.25, -0.2) is 8.42 Å². The second-order valence-corrected chi connectivity index (χ2v) is 10.3. The summed E-state index contributed by atoms with van der Waals surface area (Å²) in [5.41, 5.74) is 0. The predicted octanol–water partition coefficient (Wildman–Crippen LogP) is 0.296. The monoisotopic (exact) mass is 357 g/mol. The molecule has 0 radical (unpaired) electrons. The Morgan fingerprint density at radius 2 is 1.67 bits per heavy atom. The van der Waals surface area contributed by atoms with Crippen LogP contribution in [0.1, 0.15) is 26.7 Å². The first-order chi connectivity index (χ1) is 11.3. The van der Waals surface area contributed by atoms with E-state index in [4.69, 9.17) is 0 Å². The van der Waals surface area contributed by atoms with E-state index in [2.05, 4.69) is 23.6 Å². The topological polar surface area (TPSA) is 60.9 Å². The Labute approximate surface area is 146 Å². The first kappa shape index (κ1) is 18.1. The Balaban J connectivity index is 1.45. The molecule has 3 heterocycles. The molecule has 3 saturated heterocycles. The molecule has 6 nitrogen and oxygen atoms in total. The summed E-state index contributed by atoms with van der Waals surface area (Å²) in [5.74, 6) is 2.19. The lowest BCUT2D eigenvalue weighted by Gasteiger charge is -2.39. The summed E-state index contributed by atoms with van der Waals surface area (Å²) in [5, 5.41) is 0. The Morgan fingerprint density at radius 1 is 1.04 bits per heavy atom. The van der Waals surface area contributed by atoms with Crippen LogP contribution in [0.15, 0.2) is 0 Å². The molecule has 3 fully saturated rings. The van der Waals surface area contributed by atoms with Crippen molar-refractivity contribution in [2.24, 2.45) is 11.8 Å². The summed E-state index contributed by atoms with van der Waals surface area (Å²) in [6.45, 7) is 10.2. The average Bonchev–Trinajstić information content (AvgIpc) is 2.86. The maximum absolute atomic E-state index is 12.6. The van der Waals surface area contributed by atoms with Gasteiger partial charge < -0.3 is 4.90 Å². The van der Waals surface area contributed by atoms with Crippen molar-refractivity contribution < 1.29 is 13.2 Å². The van der Waals surface area contributed by atoms with Gasteiger partial charge in [0.2, 0.25) is 5.91 Å². The lowest BCUT2D eigenvalue weighted by Crippen LogP contribution is -2.54. The molecule has 3 atom stereocenters. The normalized spacial score (nSPS) is 35.2. The Hall–Kier alpha value is -0.660. The number of hydrogen-bond acceptors (Lipinski definition) is 5. The van der Waals surface area contributed by atoms with Gasteiger partial charge in [0, 0.05) is 45.3 Å². The van der Waals surface area contributed by atoms with Crippen molar-refractivity contribution in [2.75, 3.05) is 57.3 Å². The molecule has 0 aliphatic carbocycles. The minimum Gasteiger partial charge on any atom is -0.339 e. The predicted molar refractivity (Wildman–Crippen MR) is 94.6 cm³/mol. The highest BCUT2D eigenvalue weighted by atomic mass is 32.2. The number of amides is 1. The van der Waals surface area contributed by atoms with Crippen molar-refractivity contribution in [3.63, 3.8) is 0 Å². The molecule has 138 valence electrons. The summed E-state index contributed by atoms with van der Waals surface area (Å²) in [6, 6.07) is 0.163. The second kappa shape index (κ2) is 7.30. The molecule has 3 rings (SSSR count). The van der Waals surface area contributed by atoms with Crippen LogP contribution in [0.5, 0.6) is 0 Å². The standard InChI is InChI=1S/C17H31N3O3S/c1-14-9-15(2)11-18(10-14)12-17(21)20-6-4-19(5-7-20)16-3-8-24(22,23)13-16/h14-16H,3-13H2,1-2H3. The lowest BCUT2D eigenvalue weighted by atomic mass is 9.92. The number of piperidine rings is 1. The molecule has 3 unspecified atom stereocenters. The van der Waals surface area contributed by atoms with E-state index >= 15 is 0 Å². The van der Waals surface area contributed by atoms with E-state index in [1.807, 2.05) is 4.90 Å². The van der Waals surface area contributed by atoms with E-state index in [1.165, 1.54) is 6.42 Å². The highest BCUT2D eigenvalue weighted by Crippen LogP contribution is 2.22. The minimum absolute atomic E-state index is 0.163. The van der Waals surface area contributed by atoms with Crippen molar-refractivity contribution >= 4 is 15.7 Å². The number of carbonyl (C=O) groups is 1. The second-order valence-electron chi connectivity index (χ2n) is 8.11. The highest BCUT2D eigenvalue weighted by Gasteiger charge is 2.34. The summed E-state index contributed by atoms with van der Waals surface area (Å²) >= 11 is 0. The zero-order chi connectivity index (χ0) is 17.3. The van der Waals surface area contributed by atoms with Crippen molar-refractivity contribution in [3.05, 3.63) is 0 Å². The van der Waals surface area contributed by atoms with E-state index in [1.54, 1.807) is 0 Å². The van der Waals surface area contributed by atoms with Gasteiger partial charge in [-0.2, -0.15) is 0 Å². The molecule has 0 saturated carbocycles. The van der Waals surface area contributed by atoms with Crippen LogP contribution in [0.4, 0.5) is 0 Å². The van der Waals surface area contributed by atoms with Crippen molar-refractivity contribution in [1.29, 1.82) is 0 Å². The molecule has 0 spiro atoms. The van der Waals surface area contributed by atoms with Crippen LogP contribution in [-0.2, 0) is 14.6 Å². The minimum atomic E-state index is -2.83.